The number of pyridine rings is 2. The molecule has 0 bridgehead atoms. The molecule has 226 valence electrons. The Hall–Kier alpha value is -5.45. The van der Waals surface area contributed by atoms with Crippen molar-refractivity contribution in [1.29, 1.82) is 0 Å². The van der Waals surface area contributed by atoms with E-state index >= 15 is 0 Å². The summed E-state index contributed by atoms with van der Waals surface area (Å²) in [6, 6.07) is 48.7. The van der Waals surface area contributed by atoms with Crippen LogP contribution in [-0.2, 0) is 21.1 Å². The summed E-state index contributed by atoms with van der Waals surface area (Å²) < 4.78 is 0. The maximum atomic E-state index is 4.84. The molecule has 0 saturated carbocycles. The molecule has 2 aliphatic rings. The molecule has 7 heteroatoms. The smallest absolute Gasteiger partial charge is 0.436 e. The van der Waals surface area contributed by atoms with Gasteiger partial charge in [-0.15, -0.1) is 0 Å². The first-order valence-corrected chi connectivity index (χ1v) is 14.9. The van der Waals surface area contributed by atoms with Crippen LogP contribution < -0.4 is 9.80 Å². The minimum absolute atomic E-state index is 0. The number of rotatable bonds is 4. The molecule has 6 aromatic rings. The van der Waals surface area contributed by atoms with Crippen LogP contribution in [0.5, 0.6) is 0 Å². The molecule has 0 aliphatic carbocycles. The fourth-order valence-corrected chi connectivity index (χ4v) is 5.40. The van der Waals surface area contributed by atoms with Crippen LogP contribution in [0.2, 0.25) is 0 Å². The Morgan fingerprint density at radius 1 is 0.522 bits per heavy atom. The molecule has 0 atom stereocenters. The summed E-state index contributed by atoms with van der Waals surface area (Å²) in [6.45, 7) is 2.01. The number of allylic oxidation sites excluding steroid dienone is 1. The van der Waals surface area contributed by atoms with E-state index in [-0.39, 0.29) is 21.1 Å². The van der Waals surface area contributed by atoms with E-state index in [0.717, 1.165) is 62.8 Å². The van der Waals surface area contributed by atoms with Crippen molar-refractivity contribution in [2.45, 2.75) is 6.92 Å². The minimum atomic E-state index is 0. The van der Waals surface area contributed by atoms with Gasteiger partial charge in [0.15, 0.2) is 0 Å². The van der Waals surface area contributed by atoms with Crippen molar-refractivity contribution in [3.8, 4) is 11.4 Å². The summed E-state index contributed by atoms with van der Waals surface area (Å²) >= 11 is 0. The van der Waals surface area contributed by atoms with Gasteiger partial charge in [-0.25, -0.2) is 4.98 Å². The normalized spacial score (nSPS) is 14.4. The standard InChI is InChI=1S/C24H17N4.C15H13N2.Pt/c1-2-10-19(11-3-1)28-23-15-5-4-13-22(23)27-24(28)17-18-9-8-14-21(26-18)20-12-6-7-16-25-20;1-2-15-16-13-10-6-7-11-14(13)17(15)12-8-4-3-5-9-12;/h1-17H;2-11H,1H3;/q2*-1;+2/b24-17+;15-2+;. The van der Waals surface area contributed by atoms with Crippen molar-refractivity contribution < 1.29 is 21.1 Å². The second kappa shape index (κ2) is 14.1. The van der Waals surface area contributed by atoms with Gasteiger partial charge in [-0.1, -0.05) is 139 Å². The Morgan fingerprint density at radius 2 is 1.04 bits per heavy atom. The van der Waals surface area contributed by atoms with Gasteiger partial charge in [0.2, 0.25) is 0 Å². The molecule has 2 aliphatic heterocycles. The van der Waals surface area contributed by atoms with Crippen LogP contribution in [0.4, 0.5) is 34.1 Å². The average molecular weight is 778 g/mol. The van der Waals surface area contributed by atoms with Gasteiger partial charge in [-0.2, -0.15) is 0 Å². The quantitative estimate of drug-likeness (QED) is 0.179. The average Bonchev–Trinajstić information content (AvgIpc) is 3.68. The van der Waals surface area contributed by atoms with Gasteiger partial charge in [0.05, 0.1) is 17.1 Å². The van der Waals surface area contributed by atoms with Crippen LogP contribution in [0.1, 0.15) is 12.6 Å². The summed E-state index contributed by atoms with van der Waals surface area (Å²) in [5.41, 5.74) is 8.97. The number of aromatic nitrogens is 2. The summed E-state index contributed by atoms with van der Waals surface area (Å²) in [5, 5.41) is 9.45. The third-order valence-corrected chi connectivity index (χ3v) is 7.44. The van der Waals surface area contributed by atoms with Crippen LogP contribution in [0.25, 0.3) is 28.1 Å². The number of anilines is 4. The second-order valence-electron chi connectivity index (χ2n) is 10.4. The maximum absolute atomic E-state index is 4.84. The van der Waals surface area contributed by atoms with Gasteiger partial charge >= 0.3 is 21.1 Å². The molecule has 6 nitrogen and oxygen atoms in total. The maximum Gasteiger partial charge on any atom is 2.00 e. The summed E-state index contributed by atoms with van der Waals surface area (Å²) in [7, 11) is 0. The first-order valence-electron chi connectivity index (χ1n) is 14.9. The molecule has 0 saturated heterocycles. The third-order valence-electron chi connectivity index (χ3n) is 7.44. The predicted octanol–water partition coefficient (Wildman–Crippen LogP) is 11.0. The van der Waals surface area contributed by atoms with Crippen LogP contribution in [0, 0.1) is 0 Å². The van der Waals surface area contributed by atoms with Crippen molar-refractivity contribution in [3.63, 3.8) is 0 Å². The zero-order valence-corrected chi connectivity index (χ0v) is 27.4. The molecule has 0 radical (unpaired) electrons. The number of hydrogen-bond donors (Lipinski definition) is 0. The first kappa shape index (κ1) is 30.6. The van der Waals surface area contributed by atoms with Crippen molar-refractivity contribution in [3.05, 3.63) is 186 Å². The van der Waals surface area contributed by atoms with Gasteiger partial charge in [0.1, 0.15) is 0 Å². The molecular formula is C39H30N6Pt. The number of para-hydroxylation sites is 6. The molecule has 0 N–H and O–H groups in total. The van der Waals surface area contributed by atoms with E-state index in [4.69, 9.17) is 10.3 Å². The van der Waals surface area contributed by atoms with Gasteiger partial charge in [0.25, 0.3) is 0 Å². The monoisotopic (exact) mass is 777 g/mol. The van der Waals surface area contributed by atoms with Crippen molar-refractivity contribution >= 4 is 40.2 Å². The number of hydrogen-bond acceptors (Lipinski definition) is 4. The van der Waals surface area contributed by atoms with Crippen molar-refractivity contribution in [1.82, 2.24) is 9.97 Å². The molecule has 0 unspecified atom stereocenters. The molecular weight excluding hydrogens is 748 g/mol. The number of nitrogens with zero attached hydrogens (tertiary/aromatic N) is 6. The molecule has 4 aromatic carbocycles. The Balaban J connectivity index is 0.000000177. The Morgan fingerprint density at radius 3 is 1.63 bits per heavy atom. The molecule has 0 amide bonds. The summed E-state index contributed by atoms with van der Waals surface area (Å²) in [4.78, 5) is 13.5. The van der Waals surface area contributed by atoms with Crippen LogP contribution >= 0.6 is 0 Å². The van der Waals surface area contributed by atoms with E-state index < -0.39 is 0 Å². The van der Waals surface area contributed by atoms with E-state index in [1.165, 1.54) is 0 Å². The number of benzene rings is 4. The van der Waals surface area contributed by atoms with Crippen molar-refractivity contribution in [2.24, 2.45) is 0 Å². The van der Waals surface area contributed by atoms with Crippen molar-refractivity contribution in [2.75, 3.05) is 9.80 Å². The summed E-state index contributed by atoms with van der Waals surface area (Å²) in [5.74, 6) is 1.83. The van der Waals surface area contributed by atoms with Crippen LogP contribution in [0.15, 0.2) is 170 Å². The minimum Gasteiger partial charge on any atom is -0.436 e. The van der Waals surface area contributed by atoms with Crippen LogP contribution in [-0.4, -0.2) is 9.97 Å². The third kappa shape index (κ3) is 6.35. The predicted molar refractivity (Wildman–Crippen MR) is 185 cm³/mol. The zero-order chi connectivity index (χ0) is 30.4. The summed E-state index contributed by atoms with van der Waals surface area (Å²) in [6.07, 6.45) is 5.83. The molecule has 0 fully saturated rings. The van der Waals surface area contributed by atoms with Gasteiger partial charge in [-0.3, -0.25) is 4.98 Å². The zero-order valence-electron chi connectivity index (χ0n) is 25.1. The molecule has 4 heterocycles. The SMILES string of the molecule is C(=C1/[N-]c2ccccc2N1c1ccccc1)/c1cccc(-c2ccccn2)n1.C/C=C1\[N-]c2ccccc2N1c1ccccc1.[Pt+2]. The fraction of sp³-hybridized carbons (Fsp3) is 0.0256. The molecule has 8 rings (SSSR count). The number of fused-ring (bicyclic) bond motifs is 2. The van der Waals surface area contributed by atoms with Gasteiger partial charge in [0, 0.05) is 6.20 Å². The largest absolute Gasteiger partial charge is 2.00 e. The Kier molecular flexibility index (Phi) is 9.37. The first-order chi connectivity index (χ1) is 22.3. The topological polar surface area (TPSA) is 60.5 Å². The molecule has 0 spiro atoms. The van der Waals surface area contributed by atoms with E-state index in [0.29, 0.717) is 0 Å². The molecule has 2 aromatic heterocycles. The van der Waals surface area contributed by atoms with E-state index in [1.807, 2.05) is 128 Å². The van der Waals surface area contributed by atoms with Crippen LogP contribution in [0.3, 0.4) is 0 Å². The van der Waals surface area contributed by atoms with E-state index in [2.05, 4.69) is 56.5 Å². The molecule has 46 heavy (non-hydrogen) atoms. The fourth-order valence-electron chi connectivity index (χ4n) is 5.40. The van der Waals surface area contributed by atoms with E-state index in [1.54, 1.807) is 6.20 Å². The van der Waals surface area contributed by atoms with Gasteiger partial charge in [-0.05, 0) is 71.4 Å². The Bertz CT molecular complexity index is 1980. The second-order valence-corrected chi connectivity index (χ2v) is 10.4. The van der Waals surface area contributed by atoms with Gasteiger partial charge < -0.3 is 20.4 Å². The Labute approximate surface area is 284 Å². The van der Waals surface area contributed by atoms with E-state index in [9.17, 15) is 0 Å².